The van der Waals surface area contributed by atoms with Gasteiger partial charge in [-0.05, 0) is 115 Å². The molecule has 12 rings (SSSR count). The lowest BCUT2D eigenvalue weighted by Crippen LogP contribution is -2.04. The molecule has 12 aromatic carbocycles. The molecule has 0 amide bonds. The van der Waals surface area contributed by atoms with Crippen LogP contribution < -0.4 is 0 Å². The Morgan fingerprint density at radius 3 is 0.810 bits per heavy atom. The average Bonchev–Trinajstić information content (AvgIpc) is 3.36. The van der Waals surface area contributed by atoms with Gasteiger partial charge in [-0.3, -0.25) is 0 Å². The van der Waals surface area contributed by atoms with Crippen LogP contribution in [0.15, 0.2) is 249 Å². The van der Waals surface area contributed by atoms with Crippen LogP contribution in [0.25, 0.3) is 98.4 Å². The molecule has 0 unspecified atom stereocenters. The standard InChI is InChI=1S/C63H42/c1-3-19-43(20-4-1)60-51-25-9-13-29-55(51)62(56-30-14-10-26-52(56)60)47-38-34-45(35-39-47)59(50-33-17-23-42-18-7-8-24-49(42)50)46-36-40-48(41-37-46)63-57-31-15-11-27-53(57)61(44-21-5-2-6-22-44)54-28-12-16-32-58(54)63/h1-41,59H. The second-order valence-electron chi connectivity index (χ2n) is 16.7. The summed E-state index contributed by atoms with van der Waals surface area (Å²) in [5.74, 6) is 0.0158. The molecule has 0 saturated carbocycles. The van der Waals surface area contributed by atoms with Crippen LogP contribution >= 0.6 is 0 Å². The SMILES string of the molecule is c1ccc(-c2c3ccccc3c(-c3ccc(C(c4ccc(-c5c6ccccc6c(-c6ccccc6)c6ccccc56)cc4)c4cccc5ccccc45)cc3)c3ccccc23)cc1. The van der Waals surface area contributed by atoms with Crippen molar-refractivity contribution in [1.29, 1.82) is 0 Å². The molecule has 294 valence electrons. The first-order valence-corrected chi connectivity index (χ1v) is 22.0. The Labute approximate surface area is 368 Å². The van der Waals surface area contributed by atoms with Gasteiger partial charge in [0.25, 0.3) is 0 Å². The molecule has 0 saturated heterocycles. The van der Waals surface area contributed by atoms with E-state index in [1.54, 1.807) is 0 Å². The Morgan fingerprint density at radius 1 is 0.190 bits per heavy atom. The van der Waals surface area contributed by atoms with Crippen LogP contribution in [0, 0.1) is 0 Å². The second-order valence-corrected chi connectivity index (χ2v) is 16.7. The Morgan fingerprint density at radius 2 is 0.460 bits per heavy atom. The summed E-state index contributed by atoms with van der Waals surface area (Å²) >= 11 is 0. The molecule has 0 bridgehead atoms. The van der Waals surface area contributed by atoms with Crippen molar-refractivity contribution in [2.45, 2.75) is 5.92 Å². The van der Waals surface area contributed by atoms with Gasteiger partial charge in [0.1, 0.15) is 0 Å². The van der Waals surface area contributed by atoms with Crippen LogP contribution in [0.4, 0.5) is 0 Å². The molecule has 0 aliphatic heterocycles. The molecule has 0 heterocycles. The Balaban J connectivity index is 1.02. The van der Waals surface area contributed by atoms with E-state index in [0.717, 1.165) is 0 Å². The molecule has 0 aromatic heterocycles. The molecular weight excluding hydrogens is 757 g/mol. The number of hydrogen-bond donors (Lipinski definition) is 0. The molecule has 63 heavy (non-hydrogen) atoms. The summed E-state index contributed by atoms with van der Waals surface area (Å²) in [6.07, 6.45) is 0. The first-order chi connectivity index (χ1) is 31.3. The summed E-state index contributed by atoms with van der Waals surface area (Å²) < 4.78 is 0. The lowest BCUT2D eigenvalue weighted by Gasteiger charge is -2.23. The molecule has 0 radical (unpaired) electrons. The third-order valence-corrected chi connectivity index (χ3v) is 13.2. The maximum absolute atomic E-state index is 2.37. The van der Waals surface area contributed by atoms with Crippen LogP contribution in [0.5, 0.6) is 0 Å². The number of rotatable bonds is 7. The summed E-state index contributed by atoms with van der Waals surface area (Å²) in [6, 6.07) is 91.8. The van der Waals surface area contributed by atoms with E-state index in [2.05, 4.69) is 249 Å². The normalized spacial score (nSPS) is 11.6. The fourth-order valence-electron chi connectivity index (χ4n) is 10.4. The van der Waals surface area contributed by atoms with E-state index >= 15 is 0 Å². The smallest absolute Gasteiger partial charge is 0.0346 e. The molecule has 0 heteroatoms. The van der Waals surface area contributed by atoms with E-state index < -0.39 is 0 Å². The zero-order chi connectivity index (χ0) is 41.7. The first-order valence-electron chi connectivity index (χ1n) is 22.0. The van der Waals surface area contributed by atoms with Crippen LogP contribution in [-0.4, -0.2) is 0 Å². The van der Waals surface area contributed by atoms with Crippen molar-refractivity contribution < 1.29 is 0 Å². The zero-order valence-corrected chi connectivity index (χ0v) is 34.7. The summed E-state index contributed by atoms with van der Waals surface area (Å²) in [5.41, 5.74) is 13.9. The van der Waals surface area contributed by atoms with Gasteiger partial charge in [0.05, 0.1) is 0 Å². The number of fused-ring (bicyclic) bond motifs is 5. The highest BCUT2D eigenvalue weighted by Crippen LogP contribution is 2.46. The lowest BCUT2D eigenvalue weighted by atomic mass is 9.81. The van der Waals surface area contributed by atoms with Crippen molar-refractivity contribution in [3.63, 3.8) is 0 Å². The topological polar surface area (TPSA) is 0 Å². The van der Waals surface area contributed by atoms with Gasteiger partial charge >= 0.3 is 0 Å². The first kappa shape index (κ1) is 36.8. The fourth-order valence-corrected chi connectivity index (χ4v) is 10.4. The molecular formula is C63H42. The average molecular weight is 799 g/mol. The van der Waals surface area contributed by atoms with Crippen molar-refractivity contribution in [2.24, 2.45) is 0 Å². The van der Waals surface area contributed by atoms with Gasteiger partial charge in [-0.2, -0.15) is 0 Å². The highest BCUT2D eigenvalue weighted by atomic mass is 14.3. The zero-order valence-electron chi connectivity index (χ0n) is 34.7. The third-order valence-electron chi connectivity index (χ3n) is 13.2. The number of benzene rings is 12. The molecule has 12 aromatic rings. The quantitative estimate of drug-likeness (QED) is 0.111. The molecule has 0 fully saturated rings. The highest BCUT2D eigenvalue weighted by Gasteiger charge is 2.22. The van der Waals surface area contributed by atoms with E-state index in [1.165, 1.54) is 115 Å². The van der Waals surface area contributed by atoms with E-state index in [1.807, 2.05) is 0 Å². The van der Waals surface area contributed by atoms with Gasteiger partial charge in [-0.15, -0.1) is 0 Å². The fraction of sp³-hybridized carbons (Fsp3) is 0.0159. The highest BCUT2D eigenvalue weighted by molar-refractivity contribution is 6.22. The minimum atomic E-state index is 0.0158. The second kappa shape index (κ2) is 15.4. The third kappa shape index (κ3) is 6.22. The Hall–Kier alpha value is -8.06. The molecule has 0 nitrogen and oxygen atoms in total. The minimum Gasteiger partial charge on any atom is -0.0622 e. The summed E-state index contributed by atoms with van der Waals surface area (Å²) in [6.45, 7) is 0. The van der Waals surface area contributed by atoms with E-state index in [0.29, 0.717) is 0 Å². The van der Waals surface area contributed by atoms with Crippen molar-refractivity contribution in [1.82, 2.24) is 0 Å². The minimum absolute atomic E-state index is 0.0158. The van der Waals surface area contributed by atoms with Crippen molar-refractivity contribution >= 4 is 53.9 Å². The maximum Gasteiger partial charge on any atom is 0.0346 e. The predicted octanol–water partition coefficient (Wildman–Crippen LogP) is 17.3. The van der Waals surface area contributed by atoms with Crippen molar-refractivity contribution in [2.75, 3.05) is 0 Å². The van der Waals surface area contributed by atoms with Gasteiger partial charge in [-0.1, -0.05) is 249 Å². The van der Waals surface area contributed by atoms with E-state index in [9.17, 15) is 0 Å². The number of hydrogen-bond acceptors (Lipinski definition) is 0. The molecule has 0 spiro atoms. The molecule has 0 N–H and O–H groups in total. The van der Waals surface area contributed by atoms with E-state index in [4.69, 9.17) is 0 Å². The van der Waals surface area contributed by atoms with Crippen LogP contribution in [0.3, 0.4) is 0 Å². The van der Waals surface area contributed by atoms with Crippen LogP contribution in [0.2, 0.25) is 0 Å². The van der Waals surface area contributed by atoms with Crippen molar-refractivity contribution in [3.8, 4) is 44.5 Å². The molecule has 0 aliphatic carbocycles. The summed E-state index contributed by atoms with van der Waals surface area (Å²) in [7, 11) is 0. The van der Waals surface area contributed by atoms with Crippen molar-refractivity contribution in [3.05, 3.63) is 265 Å². The van der Waals surface area contributed by atoms with Gasteiger partial charge in [0, 0.05) is 5.92 Å². The van der Waals surface area contributed by atoms with Gasteiger partial charge in [0.15, 0.2) is 0 Å². The molecule has 0 aliphatic rings. The van der Waals surface area contributed by atoms with Gasteiger partial charge in [-0.25, -0.2) is 0 Å². The Bertz CT molecular complexity index is 3310. The largest absolute Gasteiger partial charge is 0.0622 e. The lowest BCUT2D eigenvalue weighted by molar-refractivity contribution is 0.990. The van der Waals surface area contributed by atoms with Gasteiger partial charge < -0.3 is 0 Å². The Kier molecular flexibility index (Phi) is 9.01. The summed E-state index contributed by atoms with van der Waals surface area (Å²) in [4.78, 5) is 0. The van der Waals surface area contributed by atoms with Gasteiger partial charge in [0.2, 0.25) is 0 Å². The maximum atomic E-state index is 2.37. The predicted molar refractivity (Wildman–Crippen MR) is 270 cm³/mol. The van der Waals surface area contributed by atoms with Crippen LogP contribution in [0.1, 0.15) is 22.6 Å². The molecule has 0 atom stereocenters. The monoisotopic (exact) mass is 798 g/mol. The summed E-state index contributed by atoms with van der Waals surface area (Å²) in [5, 5.41) is 12.7. The van der Waals surface area contributed by atoms with E-state index in [-0.39, 0.29) is 5.92 Å². The van der Waals surface area contributed by atoms with Crippen LogP contribution in [-0.2, 0) is 0 Å².